The molecular formula is C133H187N8+5. The van der Waals surface area contributed by atoms with E-state index in [1.807, 2.05) is 201 Å². The van der Waals surface area contributed by atoms with Gasteiger partial charge in [-0.2, -0.15) is 18.1 Å². The molecule has 0 aliphatic rings. The van der Waals surface area contributed by atoms with Crippen molar-refractivity contribution in [2.45, 2.75) is 244 Å². The molecule has 0 N–H and O–H groups in total. The van der Waals surface area contributed by atoms with Crippen LogP contribution >= 0.6 is 0 Å². The van der Waals surface area contributed by atoms with Crippen molar-refractivity contribution >= 4 is 49.3 Å². The Morgan fingerprint density at radius 2 is 0.645 bits per heavy atom. The molecule has 0 unspecified atom stereocenters. The van der Waals surface area contributed by atoms with Gasteiger partial charge < -0.3 is 0 Å². The highest BCUT2D eigenvalue weighted by molar-refractivity contribution is 6.13. The second-order valence-corrected chi connectivity index (χ2v) is 29.7. The summed E-state index contributed by atoms with van der Waals surface area (Å²) in [7, 11) is 10.6. The summed E-state index contributed by atoms with van der Waals surface area (Å²) in [5.41, 5.74) is 30.6. The van der Waals surface area contributed by atoms with Gasteiger partial charge in [0.15, 0.2) is 22.9 Å². The maximum absolute atomic E-state index is 2.40. The summed E-state index contributed by atoms with van der Waals surface area (Å²) in [4.78, 5) is 0. The van der Waals surface area contributed by atoms with Gasteiger partial charge in [-0.1, -0.05) is 447 Å². The molecule has 0 atom stereocenters. The van der Waals surface area contributed by atoms with Crippen molar-refractivity contribution in [3.05, 3.63) is 433 Å². The Hall–Kier alpha value is -13.7. The molecule has 0 aliphatic heterocycles. The van der Waals surface area contributed by atoms with E-state index >= 15 is 0 Å². The number of pyridine rings is 3. The number of fused-ring (bicyclic) bond motifs is 8. The normalized spacial score (nSPS) is 9.19. The molecule has 19 rings (SSSR count). The highest BCUT2D eigenvalue weighted by Gasteiger charge is 2.28. The van der Waals surface area contributed by atoms with Crippen LogP contribution < -0.4 is 22.8 Å². The number of hydrogen-bond acceptors (Lipinski definition) is 0. The summed E-state index contributed by atoms with van der Waals surface area (Å²) in [6, 6.07) is 125. The van der Waals surface area contributed by atoms with Crippen molar-refractivity contribution in [1.29, 1.82) is 0 Å². The molecule has 0 saturated heterocycles. The Morgan fingerprint density at radius 1 is 0.248 bits per heavy atom. The van der Waals surface area contributed by atoms with Gasteiger partial charge in [0.1, 0.15) is 49.6 Å². The molecule has 6 heterocycles. The van der Waals surface area contributed by atoms with Gasteiger partial charge >= 0.3 is 0 Å². The first kappa shape index (κ1) is 131. The molecule has 0 bridgehead atoms. The Balaban J connectivity index is -0.00000155. The van der Waals surface area contributed by atoms with Crippen molar-refractivity contribution in [1.82, 2.24) is 13.5 Å². The Labute approximate surface area is 860 Å². The molecule has 8 nitrogen and oxygen atoms in total. The summed E-state index contributed by atoms with van der Waals surface area (Å²) in [5.74, 6) is 2.40. The number of para-hydroxylation sites is 6. The molecule has 0 amide bonds. The lowest BCUT2D eigenvalue weighted by atomic mass is 9.97. The number of imidazole rings is 3. The van der Waals surface area contributed by atoms with Crippen molar-refractivity contribution in [3.8, 4) is 67.9 Å². The van der Waals surface area contributed by atoms with E-state index in [0.29, 0.717) is 0 Å². The number of rotatable bonds is 7. The fourth-order valence-electron chi connectivity index (χ4n) is 15.4. The second-order valence-electron chi connectivity index (χ2n) is 29.7. The van der Waals surface area contributed by atoms with E-state index in [1.54, 1.807) is 0 Å². The largest absolute Gasteiger partial charge is 0.295 e. The van der Waals surface area contributed by atoms with Gasteiger partial charge in [-0.25, -0.2) is 18.3 Å². The number of nitrogens with zero attached hydrogens (tertiary/aromatic N) is 8. The quantitative estimate of drug-likeness (QED) is 0.113. The van der Waals surface area contributed by atoms with E-state index in [0.717, 1.165) is 0 Å². The first-order valence-corrected chi connectivity index (χ1v) is 50.6. The van der Waals surface area contributed by atoms with Crippen LogP contribution in [0.3, 0.4) is 0 Å². The summed E-state index contributed by atoms with van der Waals surface area (Å²) >= 11 is 0. The lowest BCUT2D eigenvalue weighted by Gasteiger charge is -2.10. The average Bonchev–Trinajstić information content (AvgIpc) is 1.59. The Bertz CT molecular complexity index is 6420. The third kappa shape index (κ3) is 36.5. The molecule has 0 spiro atoms. The topological polar surface area (TPSA) is 33.7 Å². The van der Waals surface area contributed by atoms with Crippen LogP contribution in [0.4, 0.5) is 0 Å². The minimum absolute atomic E-state index is 0. The van der Waals surface area contributed by atoms with Crippen LogP contribution in [0.1, 0.15) is 232 Å². The zero-order chi connectivity index (χ0) is 102. The van der Waals surface area contributed by atoms with Crippen LogP contribution in [0.15, 0.2) is 383 Å². The lowest BCUT2D eigenvalue weighted by molar-refractivity contribution is -0.660. The predicted octanol–water partition coefficient (Wildman–Crippen LogP) is 37.3. The molecule has 8 heteroatoms. The predicted molar refractivity (Wildman–Crippen MR) is 632 cm³/mol. The standard InChI is InChI=1S/C23H19N2.C21H19N2.C19H20N.C17H17N2.C13H14N.2C7H8.11C2H6.4CH4/c1-16-9-8-13-19-18-12-6-7-14-20(18)25-21(17-10-4-3-5-11-17)15-24(2)23(25)22(16)19;1-16-10-6-7-13-18(16)21-22(2)19-14-8-9-15-20(19)23(21)17-11-4-3-5-12-17;1-13-11-14(2)15(3)17(12-13)19-10-9-16-7-5-6-8-18(16)20(19)4;1-14-8-6-7-11-16(14)17-18(2)12-13-19(17)15-9-4-3-5-10-15;1-11-7-3-4-8-12(11)13-9-5-6-10-14(13)2;2*1-7-5-3-2-4-6-7;11*1-2;;;;/h3-15H,1-2H3;3-15H,1-2H3;5-12H,1-4H3;3-13H,1-2H3;3-10H,1-2H3;2*2-6H,1H3;11*1-2H3;4*1H4/q5*+1;;;;;;;;;;;;;;;;;. The monoisotopic (exact) mass is 1900 g/mol. The second kappa shape index (κ2) is 74.4. The van der Waals surface area contributed by atoms with Crippen LogP contribution in [0.5, 0.6) is 0 Å². The molecular weight excluding hydrogens is 1710 g/mol. The summed E-state index contributed by atoms with van der Waals surface area (Å²) in [6.45, 7) is 63.4. The number of hydrogen-bond donors (Lipinski definition) is 0. The van der Waals surface area contributed by atoms with E-state index in [2.05, 4.69) is 468 Å². The highest BCUT2D eigenvalue weighted by atomic mass is 15.2. The molecule has 13 aromatic carbocycles. The van der Waals surface area contributed by atoms with E-state index in [4.69, 9.17) is 0 Å². The van der Waals surface area contributed by atoms with Crippen molar-refractivity contribution in [2.75, 3.05) is 0 Å². The third-order valence-corrected chi connectivity index (χ3v) is 21.5. The van der Waals surface area contributed by atoms with E-state index in [9.17, 15) is 0 Å². The SMILES string of the molecule is C.C.C.C.CC.CC.CC.CC.CC.CC.CC.CC.CC.CC.CC.Cc1cc(C)c(C)c(-c2ccc3ccccc3[n+]2C)c1.Cc1cccc2c3ccccc3n3c(-c4ccccc4)c[n+](C)c3c12.Cc1ccccc1.Cc1ccccc1.Cc1ccccc1-c1cccc[n+]1C.Cc1ccccc1-c1n(-c2ccccc2)c2ccccc2[n+]1C.Cc1ccccc1-c1n(-c2ccccc2)cc[n+]1C. The fourth-order valence-corrected chi connectivity index (χ4v) is 15.4. The minimum atomic E-state index is 0. The van der Waals surface area contributed by atoms with E-state index < -0.39 is 0 Å². The van der Waals surface area contributed by atoms with Gasteiger partial charge in [-0.15, -0.1) is 0 Å². The zero-order valence-electron chi connectivity index (χ0n) is 91.0. The van der Waals surface area contributed by atoms with Crippen LogP contribution in [-0.2, 0) is 35.2 Å². The molecule has 141 heavy (non-hydrogen) atoms. The molecule has 0 radical (unpaired) electrons. The van der Waals surface area contributed by atoms with Crippen molar-refractivity contribution in [3.63, 3.8) is 0 Å². The summed E-state index contributed by atoms with van der Waals surface area (Å²) < 4.78 is 18.1. The molecule has 0 aliphatic carbocycles. The van der Waals surface area contributed by atoms with Crippen LogP contribution in [0, 0.1) is 62.3 Å². The maximum Gasteiger partial charge on any atom is 0.295 e. The van der Waals surface area contributed by atoms with Crippen molar-refractivity contribution in [2.24, 2.45) is 35.2 Å². The molecule has 0 saturated carbocycles. The van der Waals surface area contributed by atoms with Crippen LogP contribution in [0.25, 0.3) is 117 Å². The molecule has 6 aromatic heterocycles. The average molecular weight is 1900 g/mol. The third-order valence-electron chi connectivity index (χ3n) is 21.5. The van der Waals surface area contributed by atoms with Gasteiger partial charge in [0, 0.05) is 57.1 Å². The maximum atomic E-state index is 2.40. The summed E-state index contributed by atoms with van der Waals surface area (Å²) in [5, 5.41) is 5.21. The molecule has 754 valence electrons. The Morgan fingerprint density at radius 3 is 1.13 bits per heavy atom. The highest BCUT2D eigenvalue weighted by Crippen LogP contribution is 2.35. The van der Waals surface area contributed by atoms with Gasteiger partial charge in [-0.05, 0) is 181 Å². The van der Waals surface area contributed by atoms with Crippen molar-refractivity contribution < 1.29 is 22.8 Å². The number of aryl methyl sites for hydroxylation is 13. The van der Waals surface area contributed by atoms with Crippen LogP contribution in [0.2, 0.25) is 0 Å². The fraction of sp³-hybridized carbons (Fsp3) is 0.301. The smallest absolute Gasteiger partial charge is 0.232 e. The van der Waals surface area contributed by atoms with Gasteiger partial charge in [0.2, 0.25) is 16.9 Å². The number of aromatic nitrogens is 8. The van der Waals surface area contributed by atoms with Gasteiger partial charge in [-0.3, -0.25) is 0 Å². The zero-order valence-corrected chi connectivity index (χ0v) is 91.0. The van der Waals surface area contributed by atoms with E-state index in [1.165, 1.54) is 167 Å². The summed E-state index contributed by atoms with van der Waals surface area (Å²) in [6.07, 6.45) is 8.51. The van der Waals surface area contributed by atoms with E-state index in [-0.39, 0.29) is 29.7 Å². The molecule has 19 aromatic rings. The Kier molecular flexibility index (Phi) is 69.3. The van der Waals surface area contributed by atoms with Gasteiger partial charge in [0.05, 0.1) is 37.7 Å². The van der Waals surface area contributed by atoms with Gasteiger partial charge in [0.25, 0.3) is 17.3 Å². The number of benzene rings is 13. The lowest BCUT2D eigenvalue weighted by Crippen LogP contribution is -2.32. The first-order valence-electron chi connectivity index (χ1n) is 50.6. The minimum Gasteiger partial charge on any atom is -0.232 e. The van der Waals surface area contributed by atoms with Crippen LogP contribution in [-0.4, -0.2) is 13.5 Å². The molecule has 0 fully saturated rings. The first-order chi connectivity index (χ1) is 66.9.